The van der Waals surface area contributed by atoms with Gasteiger partial charge in [0.15, 0.2) is 0 Å². The van der Waals surface area contributed by atoms with Crippen molar-refractivity contribution in [3.8, 4) is 17.0 Å². The summed E-state index contributed by atoms with van der Waals surface area (Å²) >= 11 is 0. The predicted molar refractivity (Wildman–Crippen MR) is 138 cm³/mol. The molecule has 1 amide bonds. The number of pyridine rings is 1. The van der Waals surface area contributed by atoms with Crippen molar-refractivity contribution in [2.24, 2.45) is 13.0 Å². The van der Waals surface area contributed by atoms with Crippen molar-refractivity contribution in [1.29, 1.82) is 0 Å². The number of rotatable bonds is 7. The van der Waals surface area contributed by atoms with Gasteiger partial charge >= 0.3 is 12.1 Å². The Bertz CT molecular complexity index is 1150. The maximum Gasteiger partial charge on any atom is 0.410 e. The summed E-state index contributed by atoms with van der Waals surface area (Å²) in [6, 6.07) is 3.82. The highest BCUT2D eigenvalue weighted by molar-refractivity contribution is 5.72. The van der Waals surface area contributed by atoms with E-state index in [1.54, 1.807) is 15.8 Å². The van der Waals surface area contributed by atoms with Gasteiger partial charge in [0.2, 0.25) is 0 Å². The maximum absolute atomic E-state index is 12.7. The third-order valence-electron chi connectivity index (χ3n) is 7.61. The van der Waals surface area contributed by atoms with Crippen LogP contribution in [-0.4, -0.2) is 69.2 Å². The summed E-state index contributed by atoms with van der Waals surface area (Å²) in [6.07, 6.45) is 6.80. The number of hydrogen-bond donors (Lipinski definition) is 0. The number of morpholine rings is 1. The Morgan fingerprint density at radius 2 is 1.89 bits per heavy atom. The first-order valence-electron chi connectivity index (χ1n) is 13.7. The first kappa shape index (κ1) is 26.5. The molecule has 1 aliphatic carbocycles. The van der Waals surface area contributed by atoms with E-state index in [-0.39, 0.29) is 49.0 Å². The molecule has 1 saturated carbocycles. The summed E-state index contributed by atoms with van der Waals surface area (Å²) in [7, 11) is 1.83. The summed E-state index contributed by atoms with van der Waals surface area (Å²) in [5, 5.41) is 4.39. The lowest BCUT2D eigenvalue weighted by atomic mass is 9.87. The van der Waals surface area contributed by atoms with E-state index in [0.29, 0.717) is 25.3 Å². The molecular weight excluding hydrogens is 488 g/mol. The highest BCUT2D eigenvalue weighted by Crippen LogP contribution is 2.32. The topological polar surface area (TPSA) is 105 Å². The molecule has 206 valence electrons. The predicted octanol–water partition coefficient (Wildman–Crippen LogP) is 4.18. The third-order valence-corrected chi connectivity index (χ3v) is 7.61. The van der Waals surface area contributed by atoms with Crippen molar-refractivity contribution in [2.75, 3.05) is 13.1 Å². The average molecular weight is 527 g/mol. The zero-order valence-corrected chi connectivity index (χ0v) is 22.7. The molecule has 2 bridgehead atoms. The van der Waals surface area contributed by atoms with E-state index < -0.39 is 0 Å². The summed E-state index contributed by atoms with van der Waals surface area (Å²) < 4.78 is 24.9. The average Bonchev–Trinajstić information content (AvgIpc) is 3.43. The van der Waals surface area contributed by atoms with Crippen molar-refractivity contribution >= 4 is 12.1 Å². The molecule has 2 aromatic heterocycles. The van der Waals surface area contributed by atoms with Crippen LogP contribution in [-0.2, 0) is 32.7 Å². The molecule has 38 heavy (non-hydrogen) atoms. The van der Waals surface area contributed by atoms with E-state index >= 15 is 0 Å². The van der Waals surface area contributed by atoms with Gasteiger partial charge in [0.1, 0.15) is 12.4 Å². The van der Waals surface area contributed by atoms with Crippen molar-refractivity contribution in [1.82, 2.24) is 19.7 Å². The maximum atomic E-state index is 12.7. The molecule has 2 saturated heterocycles. The van der Waals surface area contributed by atoms with Crippen molar-refractivity contribution < 1.29 is 28.5 Å². The van der Waals surface area contributed by atoms with Crippen LogP contribution in [0.5, 0.6) is 5.75 Å². The van der Waals surface area contributed by atoms with E-state index in [0.717, 1.165) is 54.7 Å². The van der Waals surface area contributed by atoms with Gasteiger partial charge in [-0.3, -0.25) is 9.48 Å². The number of aromatic nitrogens is 3. The van der Waals surface area contributed by atoms with E-state index in [4.69, 9.17) is 23.9 Å². The molecule has 10 nitrogen and oxygen atoms in total. The van der Waals surface area contributed by atoms with Crippen LogP contribution in [0, 0.1) is 12.8 Å². The van der Waals surface area contributed by atoms with Crippen LogP contribution in [0.4, 0.5) is 4.79 Å². The molecule has 0 radical (unpaired) electrons. The number of ether oxygens (including phenoxy) is 4. The highest BCUT2D eigenvalue weighted by Gasteiger charge is 2.36. The Labute approximate surface area is 223 Å². The molecule has 2 unspecified atom stereocenters. The second-order valence-electron chi connectivity index (χ2n) is 10.9. The standard InChI is InChI=1S/C28H38N4O6/c1-17(2)36-27(33)19-6-5-7-20(12-19)38-26-11-10-24(30-18(26)3)23-13-29-31(4)25(23)16-35-28(34)32-14-21-8-9-22(15-32)37-21/h10-11,13,17,19-22H,5-9,12,14-16H2,1-4H3/t19-,20-,21?,22?/m0/s1. The van der Waals surface area contributed by atoms with Gasteiger partial charge in [-0.15, -0.1) is 0 Å². The number of carbonyl (C=O) groups excluding carboxylic acids is 2. The van der Waals surface area contributed by atoms with Crippen LogP contribution in [0.15, 0.2) is 18.3 Å². The Morgan fingerprint density at radius 1 is 1.13 bits per heavy atom. The molecule has 0 aromatic carbocycles. The first-order chi connectivity index (χ1) is 18.3. The fraction of sp³-hybridized carbons (Fsp3) is 0.643. The lowest BCUT2D eigenvalue weighted by Crippen LogP contribution is -2.46. The zero-order chi connectivity index (χ0) is 26.8. The molecule has 4 heterocycles. The normalized spacial score (nSPS) is 24.9. The number of aryl methyl sites for hydroxylation is 2. The van der Waals surface area contributed by atoms with Crippen molar-refractivity contribution in [3.05, 3.63) is 29.7 Å². The Hall–Kier alpha value is -3.14. The summed E-state index contributed by atoms with van der Waals surface area (Å²) in [4.78, 5) is 31.7. The Morgan fingerprint density at radius 3 is 2.61 bits per heavy atom. The second-order valence-corrected chi connectivity index (χ2v) is 10.9. The molecule has 5 rings (SSSR count). The smallest absolute Gasteiger partial charge is 0.410 e. The lowest BCUT2D eigenvalue weighted by molar-refractivity contribution is -0.154. The van der Waals surface area contributed by atoms with Gasteiger partial charge in [-0.05, 0) is 71.4 Å². The first-order valence-corrected chi connectivity index (χ1v) is 13.7. The molecular formula is C28H38N4O6. The fourth-order valence-electron chi connectivity index (χ4n) is 5.63. The van der Waals surface area contributed by atoms with E-state index in [2.05, 4.69) is 5.10 Å². The minimum atomic E-state index is -0.326. The number of nitrogens with zero attached hydrogens (tertiary/aromatic N) is 4. The van der Waals surface area contributed by atoms with Gasteiger partial charge in [0, 0.05) is 12.6 Å². The molecule has 0 spiro atoms. The molecule has 10 heteroatoms. The van der Waals surface area contributed by atoms with Crippen LogP contribution < -0.4 is 4.74 Å². The van der Waals surface area contributed by atoms with Crippen molar-refractivity contribution in [2.45, 2.75) is 90.3 Å². The van der Waals surface area contributed by atoms with Crippen LogP contribution in [0.1, 0.15) is 63.8 Å². The molecule has 3 fully saturated rings. The lowest BCUT2D eigenvalue weighted by Gasteiger charge is -2.31. The summed E-state index contributed by atoms with van der Waals surface area (Å²) in [5.41, 5.74) is 3.07. The van der Waals surface area contributed by atoms with E-state index in [1.807, 2.05) is 40.0 Å². The highest BCUT2D eigenvalue weighted by atomic mass is 16.6. The number of likely N-dealkylation sites (tertiary alicyclic amines) is 1. The second kappa shape index (κ2) is 11.3. The third kappa shape index (κ3) is 5.95. The molecule has 3 aliphatic rings. The number of amides is 1. The summed E-state index contributed by atoms with van der Waals surface area (Å²) in [5.74, 6) is 0.441. The largest absolute Gasteiger partial charge is 0.489 e. The van der Waals surface area contributed by atoms with Crippen LogP contribution in [0.25, 0.3) is 11.3 Å². The molecule has 4 atom stereocenters. The Balaban J connectivity index is 1.22. The number of carbonyl (C=O) groups is 2. The monoisotopic (exact) mass is 526 g/mol. The van der Waals surface area contributed by atoms with E-state index in [1.165, 1.54) is 0 Å². The van der Waals surface area contributed by atoms with Gasteiger partial charge in [-0.25, -0.2) is 9.78 Å². The summed E-state index contributed by atoms with van der Waals surface area (Å²) in [6.45, 7) is 6.92. The minimum Gasteiger partial charge on any atom is -0.489 e. The fourth-order valence-corrected chi connectivity index (χ4v) is 5.63. The number of hydrogen-bond acceptors (Lipinski definition) is 8. The quantitative estimate of drug-likeness (QED) is 0.495. The number of fused-ring (bicyclic) bond motifs is 2. The van der Waals surface area contributed by atoms with Gasteiger partial charge in [0.25, 0.3) is 0 Å². The van der Waals surface area contributed by atoms with E-state index in [9.17, 15) is 9.59 Å². The van der Waals surface area contributed by atoms with Crippen LogP contribution in [0.3, 0.4) is 0 Å². The van der Waals surface area contributed by atoms with Gasteiger partial charge in [-0.2, -0.15) is 5.10 Å². The van der Waals surface area contributed by atoms with Crippen LogP contribution >= 0.6 is 0 Å². The van der Waals surface area contributed by atoms with Gasteiger partial charge in [0.05, 0.1) is 66.7 Å². The molecule has 2 aliphatic heterocycles. The van der Waals surface area contributed by atoms with Crippen molar-refractivity contribution in [3.63, 3.8) is 0 Å². The molecule has 0 N–H and O–H groups in total. The van der Waals surface area contributed by atoms with Gasteiger partial charge in [-0.1, -0.05) is 0 Å². The van der Waals surface area contributed by atoms with Crippen LogP contribution in [0.2, 0.25) is 0 Å². The van der Waals surface area contributed by atoms with Gasteiger partial charge < -0.3 is 23.8 Å². The minimum absolute atomic E-state index is 0.0522. The zero-order valence-electron chi connectivity index (χ0n) is 22.7. The number of esters is 1. The Kier molecular flexibility index (Phi) is 7.88. The SMILES string of the molecule is Cc1nc(-c2cnn(C)c2COC(=O)N2CC3CCC(C2)O3)ccc1O[C@H]1CCC[C@H](C(=O)OC(C)C)C1. The molecule has 2 aromatic rings.